The Morgan fingerprint density at radius 3 is 2.61 bits per heavy atom. The lowest BCUT2D eigenvalue weighted by molar-refractivity contribution is -0.137. The van der Waals surface area contributed by atoms with Gasteiger partial charge in [-0.1, -0.05) is 30.3 Å². The molecule has 0 bridgehead atoms. The molecule has 3 rings (SSSR count). The number of primary amides is 1. The van der Waals surface area contributed by atoms with Crippen molar-refractivity contribution < 1.29 is 22.7 Å². The summed E-state index contributed by atoms with van der Waals surface area (Å²) in [4.78, 5) is 11.0. The van der Waals surface area contributed by atoms with Gasteiger partial charge in [-0.25, -0.2) is 4.79 Å². The fourth-order valence-corrected chi connectivity index (χ4v) is 2.98. The number of benzene rings is 2. The Balaban J connectivity index is 2.05. The normalized spacial score (nSPS) is 16.9. The van der Waals surface area contributed by atoms with Crippen LogP contribution in [-0.2, 0) is 17.3 Å². The quantitative estimate of drug-likeness (QED) is 0.888. The molecule has 1 aliphatic rings. The van der Waals surface area contributed by atoms with Crippen molar-refractivity contribution in [1.29, 1.82) is 0 Å². The monoisotopic (exact) mass is 321 g/mol. The zero-order valence-corrected chi connectivity index (χ0v) is 12.1. The average Bonchev–Trinajstić information content (AvgIpc) is 2.88. The molecule has 0 heterocycles. The fraction of sp³-hybridized carbons (Fsp3) is 0.235. The van der Waals surface area contributed by atoms with E-state index in [1.165, 1.54) is 12.1 Å². The molecule has 0 aromatic heterocycles. The highest BCUT2D eigenvalue weighted by molar-refractivity contribution is 5.70. The smallest absolute Gasteiger partial charge is 0.417 e. The second-order valence-corrected chi connectivity index (χ2v) is 5.42. The van der Waals surface area contributed by atoms with Crippen LogP contribution in [0.3, 0.4) is 0 Å². The molecule has 6 heteroatoms. The zero-order chi connectivity index (χ0) is 16.6. The number of halogens is 3. The maximum absolute atomic E-state index is 13.2. The number of carbonyl (C=O) groups excluding carboxylic acids is 1. The van der Waals surface area contributed by atoms with E-state index in [1.54, 1.807) is 24.3 Å². The van der Waals surface area contributed by atoms with Crippen LogP contribution in [0.5, 0.6) is 0 Å². The number of aryl methyl sites for hydroxylation is 1. The lowest BCUT2D eigenvalue weighted by Crippen LogP contribution is -2.16. The number of alkyl halides is 3. The molecule has 2 aromatic carbocycles. The van der Waals surface area contributed by atoms with Crippen molar-refractivity contribution in [3.63, 3.8) is 0 Å². The van der Waals surface area contributed by atoms with Gasteiger partial charge in [0, 0.05) is 0 Å². The lowest BCUT2D eigenvalue weighted by atomic mass is 9.96. The van der Waals surface area contributed by atoms with Crippen LogP contribution in [0.2, 0.25) is 0 Å². The summed E-state index contributed by atoms with van der Waals surface area (Å²) in [7, 11) is 0. The molecule has 2 N–H and O–H groups in total. The summed E-state index contributed by atoms with van der Waals surface area (Å²) < 4.78 is 44.6. The predicted octanol–water partition coefficient (Wildman–Crippen LogP) is 4.46. The van der Waals surface area contributed by atoms with E-state index in [2.05, 4.69) is 0 Å². The second-order valence-electron chi connectivity index (χ2n) is 5.42. The van der Waals surface area contributed by atoms with Crippen LogP contribution in [0.15, 0.2) is 42.5 Å². The van der Waals surface area contributed by atoms with Gasteiger partial charge in [0.15, 0.2) is 0 Å². The molecular formula is C17H14F3NO2. The molecule has 120 valence electrons. The molecule has 0 saturated heterocycles. The molecule has 0 radical (unpaired) electrons. The van der Waals surface area contributed by atoms with Gasteiger partial charge in [0.1, 0.15) is 6.10 Å². The van der Waals surface area contributed by atoms with Gasteiger partial charge in [-0.15, -0.1) is 0 Å². The first-order valence-electron chi connectivity index (χ1n) is 7.12. The summed E-state index contributed by atoms with van der Waals surface area (Å²) in [5, 5.41) is 0. The Morgan fingerprint density at radius 2 is 1.91 bits per heavy atom. The van der Waals surface area contributed by atoms with E-state index in [9.17, 15) is 18.0 Å². The first-order chi connectivity index (χ1) is 10.9. The number of nitrogens with two attached hydrogens (primary N) is 1. The lowest BCUT2D eigenvalue weighted by Gasteiger charge is -2.15. The van der Waals surface area contributed by atoms with Crippen LogP contribution in [0, 0.1) is 0 Å². The average molecular weight is 321 g/mol. The van der Waals surface area contributed by atoms with Crippen LogP contribution in [0.25, 0.3) is 11.1 Å². The summed E-state index contributed by atoms with van der Waals surface area (Å²) >= 11 is 0. The van der Waals surface area contributed by atoms with Crippen molar-refractivity contribution >= 4 is 6.09 Å². The van der Waals surface area contributed by atoms with Gasteiger partial charge < -0.3 is 10.5 Å². The van der Waals surface area contributed by atoms with Gasteiger partial charge in [0.25, 0.3) is 0 Å². The third kappa shape index (κ3) is 3.02. The van der Waals surface area contributed by atoms with E-state index in [4.69, 9.17) is 10.5 Å². The SMILES string of the molecule is NC(=O)OC1CCc2ccc(-c3ccccc3C(F)(F)F)cc21. The zero-order valence-electron chi connectivity index (χ0n) is 12.1. The van der Waals surface area contributed by atoms with Crippen LogP contribution < -0.4 is 5.73 Å². The number of carbonyl (C=O) groups is 1. The Morgan fingerprint density at radius 1 is 1.17 bits per heavy atom. The Bertz CT molecular complexity index is 756. The van der Waals surface area contributed by atoms with Gasteiger partial charge in [-0.3, -0.25) is 0 Å². The van der Waals surface area contributed by atoms with Crippen molar-refractivity contribution in [3.8, 4) is 11.1 Å². The third-order valence-corrected chi connectivity index (χ3v) is 3.97. The number of hydrogen-bond donors (Lipinski definition) is 1. The van der Waals surface area contributed by atoms with Crippen LogP contribution in [0.4, 0.5) is 18.0 Å². The molecule has 0 spiro atoms. The second kappa shape index (κ2) is 5.61. The van der Waals surface area contributed by atoms with Crippen molar-refractivity contribution in [2.24, 2.45) is 5.73 Å². The minimum Gasteiger partial charge on any atom is -0.441 e. The summed E-state index contributed by atoms with van der Waals surface area (Å²) in [5.74, 6) is 0. The number of amides is 1. The Hall–Kier alpha value is -2.50. The first kappa shape index (κ1) is 15.4. The number of rotatable bonds is 2. The van der Waals surface area contributed by atoms with E-state index < -0.39 is 23.9 Å². The van der Waals surface area contributed by atoms with Crippen molar-refractivity contribution in [2.75, 3.05) is 0 Å². The third-order valence-electron chi connectivity index (χ3n) is 3.97. The van der Waals surface area contributed by atoms with Gasteiger partial charge >= 0.3 is 12.3 Å². The maximum Gasteiger partial charge on any atom is 0.417 e. The van der Waals surface area contributed by atoms with Crippen LogP contribution in [-0.4, -0.2) is 6.09 Å². The predicted molar refractivity (Wildman–Crippen MR) is 78.6 cm³/mol. The molecule has 0 aliphatic heterocycles. The molecule has 23 heavy (non-hydrogen) atoms. The molecule has 1 aliphatic carbocycles. The van der Waals surface area contributed by atoms with Crippen molar-refractivity contribution in [1.82, 2.24) is 0 Å². The van der Waals surface area contributed by atoms with E-state index in [0.29, 0.717) is 18.4 Å². The standard InChI is InChI=1S/C17H14F3NO2/c18-17(19,20)14-4-2-1-3-12(14)11-6-5-10-7-8-15(13(10)9-11)23-16(21)22/h1-6,9,15H,7-8H2,(H2,21,22). The summed E-state index contributed by atoms with van der Waals surface area (Å²) in [6.07, 6.45) is -4.53. The molecule has 1 unspecified atom stereocenters. The first-order valence-corrected chi connectivity index (χ1v) is 7.12. The number of hydrogen-bond acceptors (Lipinski definition) is 2. The minimum absolute atomic E-state index is 0.104. The number of ether oxygens (including phenoxy) is 1. The molecule has 1 amide bonds. The van der Waals surface area contributed by atoms with Gasteiger partial charge in [-0.05, 0) is 47.2 Å². The molecule has 2 aromatic rings. The van der Waals surface area contributed by atoms with E-state index in [-0.39, 0.29) is 5.56 Å². The van der Waals surface area contributed by atoms with Gasteiger partial charge in [0.2, 0.25) is 0 Å². The summed E-state index contributed by atoms with van der Waals surface area (Å²) in [5.41, 5.74) is 6.59. The summed E-state index contributed by atoms with van der Waals surface area (Å²) in [6, 6.07) is 10.5. The number of fused-ring (bicyclic) bond motifs is 1. The Labute approximate surface area is 130 Å². The molecule has 0 saturated carbocycles. The highest BCUT2D eigenvalue weighted by Crippen LogP contribution is 2.40. The van der Waals surface area contributed by atoms with Gasteiger partial charge in [-0.2, -0.15) is 13.2 Å². The molecule has 1 atom stereocenters. The largest absolute Gasteiger partial charge is 0.441 e. The van der Waals surface area contributed by atoms with Crippen molar-refractivity contribution in [3.05, 3.63) is 59.2 Å². The maximum atomic E-state index is 13.2. The van der Waals surface area contributed by atoms with E-state index in [1.807, 2.05) is 0 Å². The minimum atomic E-state index is -4.43. The fourth-order valence-electron chi connectivity index (χ4n) is 2.98. The Kier molecular flexibility index (Phi) is 3.75. The topological polar surface area (TPSA) is 52.3 Å². The van der Waals surface area contributed by atoms with Crippen LogP contribution in [0.1, 0.15) is 29.2 Å². The molecule has 0 fully saturated rings. The summed E-state index contributed by atoms with van der Waals surface area (Å²) in [6.45, 7) is 0. The molecule has 3 nitrogen and oxygen atoms in total. The van der Waals surface area contributed by atoms with E-state index >= 15 is 0 Å². The van der Waals surface area contributed by atoms with E-state index in [0.717, 1.165) is 17.2 Å². The van der Waals surface area contributed by atoms with Crippen LogP contribution >= 0.6 is 0 Å². The molecular weight excluding hydrogens is 307 g/mol. The highest BCUT2D eigenvalue weighted by Gasteiger charge is 2.34. The highest BCUT2D eigenvalue weighted by atomic mass is 19.4. The van der Waals surface area contributed by atoms with Crippen molar-refractivity contribution in [2.45, 2.75) is 25.1 Å². The van der Waals surface area contributed by atoms with Gasteiger partial charge in [0.05, 0.1) is 5.56 Å².